The van der Waals surface area contributed by atoms with Gasteiger partial charge in [0.15, 0.2) is 22.9 Å². The second kappa shape index (κ2) is 16.9. The molecular weight excluding hydrogens is 829 g/mol. The van der Waals surface area contributed by atoms with Crippen LogP contribution in [0.1, 0.15) is 47.9 Å². The van der Waals surface area contributed by atoms with E-state index in [2.05, 4.69) is 70.9 Å². The smallest absolute Gasteiger partial charge is 0.250 e. The van der Waals surface area contributed by atoms with Crippen molar-refractivity contribution in [2.45, 2.75) is 27.2 Å². The molecule has 10 rings (SSSR count). The normalized spacial score (nSPS) is 11.3. The van der Waals surface area contributed by atoms with Gasteiger partial charge in [0.05, 0.1) is 44.8 Å². The first-order valence-electron chi connectivity index (χ1n) is 20.2. The molecule has 0 saturated heterocycles. The number of pyridine rings is 4. The summed E-state index contributed by atoms with van der Waals surface area (Å²) in [6.45, 7) is 5.44. The van der Waals surface area contributed by atoms with Crippen molar-refractivity contribution in [1.29, 1.82) is 0 Å². The summed E-state index contributed by atoms with van der Waals surface area (Å²) in [7, 11) is 0. The maximum absolute atomic E-state index is 12.0. The Hall–Kier alpha value is -9.20. The van der Waals surface area contributed by atoms with Crippen LogP contribution in [0.4, 0.5) is 11.5 Å². The fourth-order valence-electron chi connectivity index (χ4n) is 7.00. The van der Waals surface area contributed by atoms with Gasteiger partial charge in [0.25, 0.3) is 11.8 Å². The molecule has 8 aromatic heterocycles. The highest BCUT2D eigenvalue weighted by molar-refractivity contribution is 6.06. The van der Waals surface area contributed by atoms with E-state index in [1.807, 2.05) is 50.2 Å². The first-order chi connectivity index (χ1) is 31.4. The summed E-state index contributed by atoms with van der Waals surface area (Å²) in [6.07, 6.45) is 8.77. The van der Waals surface area contributed by atoms with Crippen molar-refractivity contribution in [2.75, 3.05) is 10.6 Å². The van der Waals surface area contributed by atoms with Crippen molar-refractivity contribution in [2.24, 2.45) is 17.4 Å². The Morgan fingerprint density at radius 3 is 1.68 bits per heavy atom. The molecule has 20 heteroatoms. The van der Waals surface area contributed by atoms with Crippen LogP contribution < -0.4 is 22.1 Å². The Labute approximate surface area is 367 Å². The second-order valence-electron chi connectivity index (χ2n) is 15.1. The number of carbonyl (C=O) groups excluding carboxylic acids is 4. The number of amides is 4. The van der Waals surface area contributed by atoms with Crippen LogP contribution in [0, 0.1) is 5.92 Å². The van der Waals surface area contributed by atoms with Crippen molar-refractivity contribution in [3.63, 3.8) is 0 Å². The van der Waals surface area contributed by atoms with E-state index in [0.717, 1.165) is 33.0 Å². The van der Waals surface area contributed by atoms with Gasteiger partial charge in [0.2, 0.25) is 11.8 Å². The van der Waals surface area contributed by atoms with E-state index in [-0.39, 0.29) is 17.7 Å². The minimum Gasteiger partial charge on any atom is -0.366 e. The standard InChI is InChI=1S/C23H20N8O2.C22H18N8O2/c1-11(2)23(33)27-14-6-12(8-25-10-14)13-7-16-19(30-31-21(16)26-9-13)22-28-17-5-3-4-15(20(24)32)18(17)29-22;1-2-17(31)27-16-7-6-11(9-24-16)12-8-14-19(29-30-21(14)25-10-12)22-26-15-5-3-4-13(20(23)32)18(15)28-22/h3-11H,1-2H3,(H2,24,32)(H,27,33)(H,28,29)(H,26,30,31);3-10H,2H2,1H3,(H2,23,32)(H,26,28)(H,24,27,31)(H,25,29,30). The minimum absolute atomic E-state index is 0.0835. The van der Waals surface area contributed by atoms with Gasteiger partial charge in [0.1, 0.15) is 28.2 Å². The van der Waals surface area contributed by atoms with Crippen molar-refractivity contribution >= 4 is 79.3 Å². The molecule has 4 amide bonds. The van der Waals surface area contributed by atoms with Crippen LogP contribution in [0.2, 0.25) is 0 Å². The Kier molecular flexibility index (Phi) is 10.7. The highest BCUT2D eigenvalue weighted by atomic mass is 16.2. The third kappa shape index (κ3) is 8.16. The van der Waals surface area contributed by atoms with Crippen LogP contribution in [0.15, 0.2) is 97.7 Å². The first kappa shape index (κ1) is 41.2. The molecule has 0 spiro atoms. The molecule has 8 heterocycles. The first-order valence-corrected chi connectivity index (χ1v) is 20.2. The lowest BCUT2D eigenvalue weighted by Crippen LogP contribution is -2.17. The third-order valence-electron chi connectivity index (χ3n) is 10.4. The van der Waals surface area contributed by atoms with Crippen LogP contribution in [0.5, 0.6) is 0 Å². The average molecular weight is 867 g/mol. The lowest BCUT2D eigenvalue weighted by atomic mass is 10.1. The largest absolute Gasteiger partial charge is 0.366 e. The van der Waals surface area contributed by atoms with Gasteiger partial charge in [-0.25, -0.2) is 24.9 Å². The molecule has 0 saturated carbocycles. The van der Waals surface area contributed by atoms with Crippen molar-refractivity contribution in [3.05, 3.63) is 109 Å². The van der Waals surface area contributed by atoms with Gasteiger partial charge in [-0.2, -0.15) is 10.2 Å². The van der Waals surface area contributed by atoms with Crippen LogP contribution in [-0.4, -0.2) is 83.9 Å². The van der Waals surface area contributed by atoms with Crippen molar-refractivity contribution in [3.8, 4) is 45.3 Å². The predicted molar refractivity (Wildman–Crippen MR) is 244 cm³/mol. The maximum Gasteiger partial charge on any atom is 0.250 e. The van der Waals surface area contributed by atoms with E-state index in [1.165, 1.54) is 0 Å². The third-order valence-corrected chi connectivity index (χ3v) is 10.4. The minimum atomic E-state index is -0.547. The lowest BCUT2D eigenvalue weighted by Gasteiger charge is -2.09. The molecule has 0 unspecified atom stereocenters. The second-order valence-corrected chi connectivity index (χ2v) is 15.1. The van der Waals surface area contributed by atoms with Crippen molar-refractivity contribution in [1.82, 2.24) is 60.3 Å². The summed E-state index contributed by atoms with van der Waals surface area (Å²) in [4.78, 5) is 80.1. The highest BCUT2D eigenvalue weighted by Crippen LogP contribution is 2.32. The van der Waals surface area contributed by atoms with E-state index in [1.54, 1.807) is 68.2 Å². The van der Waals surface area contributed by atoms with Crippen LogP contribution in [0.25, 0.3) is 89.4 Å². The Morgan fingerprint density at radius 2 is 1.17 bits per heavy atom. The number of H-pyrrole nitrogens is 4. The van der Waals surface area contributed by atoms with Crippen molar-refractivity contribution < 1.29 is 19.2 Å². The van der Waals surface area contributed by atoms with E-state index in [4.69, 9.17) is 11.5 Å². The average Bonchev–Trinajstić information content (AvgIpc) is 4.13. The molecule has 10 N–H and O–H groups in total. The Balaban J connectivity index is 0.000000164. The van der Waals surface area contributed by atoms with Gasteiger partial charge in [0, 0.05) is 59.4 Å². The number of primary amides is 2. The zero-order chi connectivity index (χ0) is 45.4. The zero-order valence-corrected chi connectivity index (χ0v) is 34.9. The fraction of sp³-hybridized carbons (Fsp3) is 0.111. The number of nitrogens with zero attached hydrogens (tertiary/aromatic N) is 8. The van der Waals surface area contributed by atoms with E-state index in [0.29, 0.717) is 85.5 Å². The van der Waals surface area contributed by atoms with Gasteiger partial charge < -0.3 is 32.1 Å². The van der Waals surface area contributed by atoms with Gasteiger partial charge >= 0.3 is 0 Å². The van der Waals surface area contributed by atoms with Crippen LogP contribution in [0.3, 0.4) is 0 Å². The summed E-state index contributed by atoms with van der Waals surface area (Å²) in [5.41, 5.74) is 20.2. The quantitative estimate of drug-likeness (QED) is 0.0755. The highest BCUT2D eigenvalue weighted by Gasteiger charge is 2.19. The van der Waals surface area contributed by atoms with Gasteiger partial charge in [-0.15, -0.1) is 0 Å². The van der Waals surface area contributed by atoms with Gasteiger partial charge in [-0.05, 0) is 54.6 Å². The summed E-state index contributed by atoms with van der Waals surface area (Å²) in [6, 6.07) is 19.7. The molecule has 322 valence electrons. The molecule has 0 bridgehead atoms. The van der Waals surface area contributed by atoms with Gasteiger partial charge in [-0.1, -0.05) is 32.9 Å². The number of carbonyl (C=O) groups is 4. The molecule has 2 aromatic carbocycles. The molecule has 10 aromatic rings. The summed E-state index contributed by atoms with van der Waals surface area (Å²) < 4.78 is 0. The molecule has 0 aliphatic heterocycles. The number of nitrogens with one attached hydrogen (secondary N) is 6. The number of anilines is 2. The zero-order valence-electron chi connectivity index (χ0n) is 34.9. The molecule has 0 aliphatic rings. The molecule has 0 fully saturated rings. The monoisotopic (exact) mass is 866 g/mol. The molecular formula is C45H38N16O4. The number of fused-ring (bicyclic) bond motifs is 4. The van der Waals surface area contributed by atoms with E-state index < -0.39 is 11.8 Å². The predicted octanol–water partition coefficient (Wildman–Crippen LogP) is 6.27. The Bertz CT molecular complexity index is 3470. The molecule has 20 nitrogen and oxygen atoms in total. The number of hydrogen-bond donors (Lipinski definition) is 8. The number of aromatic amines is 4. The number of nitrogens with two attached hydrogens (primary N) is 2. The summed E-state index contributed by atoms with van der Waals surface area (Å²) >= 11 is 0. The summed E-state index contributed by atoms with van der Waals surface area (Å²) in [5.74, 6) is 0.112. The number of imidazole rings is 2. The Morgan fingerprint density at radius 1 is 0.631 bits per heavy atom. The SMILES string of the molecule is CC(C)C(=O)Nc1cncc(-c2cnc3n[nH]c(-c4nc5c(C(N)=O)cccc5[nH]4)c3c2)c1.CCC(=O)Nc1ccc(-c2cnc3n[nH]c(-c4nc5c(C(N)=O)cccc5[nH]4)c3c2)cn1. The van der Waals surface area contributed by atoms with Gasteiger partial charge in [-0.3, -0.25) is 34.4 Å². The molecule has 0 aliphatic carbocycles. The lowest BCUT2D eigenvalue weighted by molar-refractivity contribution is -0.119. The molecule has 0 atom stereocenters. The van der Waals surface area contributed by atoms with Crippen LogP contribution in [-0.2, 0) is 9.59 Å². The topological polar surface area (TPSA) is 311 Å². The summed E-state index contributed by atoms with van der Waals surface area (Å²) in [5, 5.41) is 21.6. The number of hydrogen-bond acceptors (Lipinski definition) is 12. The van der Waals surface area contributed by atoms with Crippen LogP contribution >= 0.6 is 0 Å². The van der Waals surface area contributed by atoms with E-state index >= 15 is 0 Å². The number of benzene rings is 2. The molecule has 0 radical (unpaired) electrons. The number of para-hydroxylation sites is 2. The maximum atomic E-state index is 12.0. The number of rotatable bonds is 10. The van der Waals surface area contributed by atoms with E-state index in [9.17, 15) is 19.2 Å². The molecule has 65 heavy (non-hydrogen) atoms. The fourth-order valence-corrected chi connectivity index (χ4v) is 7.00. The number of aromatic nitrogens is 12.